The van der Waals surface area contributed by atoms with Crippen molar-refractivity contribution in [3.8, 4) is 17.0 Å². The minimum atomic E-state index is -0.638. The minimum absolute atomic E-state index is 0.221. The van der Waals surface area contributed by atoms with E-state index in [2.05, 4.69) is 53.1 Å². The number of piperidine rings is 1. The van der Waals surface area contributed by atoms with Crippen LogP contribution in [0.5, 0.6) is 5.75 Å². The molecule has 41 heavy (non-hydrogen) atoms. The molecule has 3 fully saturated rings. The van der Waals surface area contributed by atoms with Gasteiger partial charge in [0.15, 0.2) is 0 Å². The van der Waals surface area contributed by atoms with E-state index in [4.69, 9.17) is 14.5 Å². The van der Waals surface area contributed by atoms with E-state index < -0.39 is 11.4 Å². The average Bonchev–Trinajstić information content (AvgIpc) is 3.76. The van der Waals surface area contributed by atoms with Crippen LogP contribution >= 0.6 is 0 Å². The van der Waals surface area contributed by atoms with Crippen LogP contribution in [0.3, 0.4) is 0 Å². The molecule has 0 radical (unpaired) electrons. The van der Waals surface area contributed by atoms with Gasteiger partial charge in [-0.2, -0.15) is 0 Å². The van der Waals surface area contributed by atoms with E-state index in [0.29, 0.717) is 19.1 Å². The maximum absolute atomic E-state index is 11.7. The van der Waals surface area contributed by atoms with Crippen LogP contribution < -0.4 is 9.64 Å². The number of benzene rings is 2. The highest BCUT2D eigenvalue weighted by Crippen LogP contribution is 2.58. The summed E-state index contributed by atoms with van der Waals surface area (Å²) in [5.74, 6) is 1.36. The van der Waals surface area contributed by atoms with Crippen molar-refractivity contribution < 1.29 is 19.4 Å². The lowest BCUT2D eigenvalue weighted by molar-refractivity contribution is -0.144. The summed E-state index contributed by atoms with van der Waals surface area (Å²) >= 11 is 0. The Labute approximate surface area is 242 Å². The second-order valence-corrected chi connectivity index (χ2v) is 12.3. The van der Waals surface area contributed by atoms with E-state index in [-0.39, 0.29) is 5.92 Å². The van der Waals surface area contributed by atoms with Crippen LogP contribution in [0, 0.1) is 18.3 Å². The van der Waals surface area contributed by atoms with Crippen LogP contribution in [0.25, 0.3) is 11.3 Å². The molecule has 4 heterocycles. The van der Waals surface area contributed by atoms with E-state index >= 15 is 0 Å². The molecule has 2 atom stereocenters. The van der Waals surface area contributed by atoms with Gasteiger partial charge in [-0.1, -0.05) is 36.4 Å². The highest BCUT2D eigenvalue weighted by molar-refractivity contribution is 5.79. The van der Waals surface area contributed by atoms with Crippen molar-refractivity contribution in [3.05, 3.63) is 76.9 Å². The zero-order chi connectivity index (χ0) is 28.0. The Balaban J connectivity index is 1.05. The predicted octanol–water partition coefficient (Wildman–Crippen LogP) is 5.47. The number of carbonyl (C=O) groups is 1. The fourth-order valence-corrected chi connectivity index (χ4v) is 7.23. The summed E-state index contributed by atoms with van der Waals surface area (Å²) in [6.45, 7) is 7.99. The van der Waals surface area contributed by atoms with Gasteiger partial charge in [0.1, 0.15) is 18.2 Å². The number of carboxylic acid groups (broad SMARTS) is 1. The molecule has 0 amide bonds. The third-order valence-electron chi connectivity index (χ3n) is 9.88. The number of nitrogens with zero attached hydrogens (tertiary/aromatic N) is 3. The number of aliphatic carboxylic acids is 1. The summed E-state index contributed by atoms with van der Waals surface area (Å²) in [5.41, 5.74) is 6.53. The third-order valence-corrected chi connectivity index (χ3v) is 9.88. The number of ether oxygens (including phenoxy) is 2. The number of anilines is 1. The Morgan fingerprint density at radius 2 is 1.95 bits per heavy atom. The van der Waals surface area contributed by atoms with Crippen molar-refractivity contribution in [2.45, 2.75) is 58.2 Å². The fraction of sp³-hybridized carbons (Fsp3) is 0.471. The summed E-state index contributed by atoms with van der Waals surface area (Å²) in [4.78, 5) is 21.6. The highest BCUT2D eigenvalue weighted by atomic mass is 16.5. The number of aryl methyl sites for hydroxylation is 1. The van der Waals surface area contributed by atoms with Crippen molar-refractivity contribution in [2.24, 2.45) is 11.3 Å². The normalized spacial score (nSPS) is 24.4. The van der Waals surface area contributed by atoms with Gasteiger partial charge in [0.2, 0.25) is 0 Å². The van der Waals surface area contributed by atoms with E-state index in [1.807, 2.05) is 18.2 Å². The zero-order valence-electron chi connectivity index (χ0n) is 23.8. The second-order valence-electron chi connectivity index (χ2n) is 12.3. The number of rotatable bonds is 7. The third kappa shape index (κ3) is 5.10. The predicted molar refractivity (Wildman–Crippen MR) is 158 cm³/mol. The molecule has 7 rings (SSSR count). The molecule has 1 saturated carbocycles. The van der Waals surface area contributed by atoms with Crippen molar-refractivity contribution in [2.75, 3.05) is 37.7 Å². The van der Waals surface area contributed by atoms with Crippen LogP contribution in [0.15, 0.2) is 54.6 Å². The van der Waals surface area contributed by atoms with Gasteiger partial charge in [-0.25, -0.2) is 4.98 Å². The second kappa shape index (κ2) is 10.8. The first-order valence-corrected chi connectivity index (χ1v) is 15.1. The van der Waals surface area contributed by atoms with Gasteiger partial charge in [-0.3, -0.25) is 9.69 Å². The topological polar surface area (TPSA) is 75.1 Å². The first-order valence-electron chi connectivity index (χ1n) is 15.1. The molecular formula is C34H39N3O4. The molecule has 7 heteroatoms. The molecule has 1 aromatic heterocycles. The molecule has 0 unspecified atom stereocenters. The van der Waals surface area contributed by atoms with Gasteiger partial charge in [0.05, 0.1) is 11.1 Å². The standard InChI is InChI=1S/C34H39N3O4/c1-23-4-2-5-29(30-6-3-7-31(35-30)37-15-13-34(33(38)39)19-27(34)21-37)32(23)41-22-24-8-9-26-20-36(14-10-25(26)18-24)28-11-16-40-17-12-28/h2-9,18,27-28H,10-17,19-22H2,1H3,(H,38,39)/t27-,34+/m0/s1. The molecule has 0 bridgehead atoms. The van der Waals surface area contributed by atoms with Gasteiger partial charge < -0.3 is 19.5 Å². The van der Waals surface area contributed by atoms with Crippen molar-refractivity contribution in [1.29, 1.82) is 0 Å². The molecule has 1 N–H and O–H groups in total. The monoisotopic (exact) mass is 553 g/mol. The average molecular weight is 554 g/mol. The first kappa shape index (κ1) is 26.5. The van der Waals surface area contributed by atoms with Crippen LogP contribution in [0.4, 0.5) is 5.82 Å². The van der Waals surface area contributed by atoms with E-state index in [0.717, 1.165) is 93.5 Å². The molecule has 1 aliphatic carbocycles. The van der Waals surface area contributed by atoms with Gasteiger partial charge >= 0.3 is 5.97 Å². The number of aromatic nitrogens is 1. The molecule has 3 aromatic rings. The summed E-state index contributed by atoms with van der Waals surface area (Å²) in [5, 5.41) is 9.64. The van der Waals surface area contributed by atoms with Gasteiger partial charge in [0.25, 0.3) is 0 Å². The minimum Gasteiger partial charge on any atom is -0.488 e. The van der Waals surface area contributed by atoms with Crippen LogP contribution in [0.1, 0.15) is 47.9 Å². The number of pyridine rings is 1. The van der Waals surface area contributed by atoms with Crippen LogP contribution in [-0.4, -0.2) is 59.8 Å². The van der Waals surface area contributed by atoms with Crippen LogP contribution in [0.2, 0.25) is 0 Å². The molecule has 0 spiro atoms. The van der Waals surface area contributed by atoms with Crippen molar-refractivity contribution >= 4 is 11.8 Å². The molecule has 2 saturated heterocycles. The molecular weight excluding hydrogens is 514 g/mol. The van der Waals surface area contributed by atoms with Gasteiger partial charge in [-0.05, 0) is 85.4 Å². The van der Waals surface area contributed by atoms with Gasteiger partial charge in [0, 0.05) is 51.0 Å². The fourth-order valence-electron chi connectivity index (χ4n) is 7.23. The number of para-hydroxylation sites is 1. The Bertz CT molecular complexity index is 1450. The molecule has 7 nitrogen and oxygen atoms in total. The van der Waals surface area contributed by atoms with Crippen molar-refractivity contribution in [1.82, 2.24) is 9.88 Å². The highest BCUT2D eigenvalue weighted by Gasteiger charge is 2.62. The Morgan fingerprint density at radius 3 is 2.78 bits per heavy atom. The number of carboxylic acids is 1. The molecule has 4 aliphatic rings. The summed E-state index contributed by atoms with van der Waals surface area (Å²) < 4.78 is 12.1. The Hall–Kier alpha value is -3.42. The quantitative estimate of drug-likeness (QED) is 0.416. The van der Waals surface area contributed by atoms with Crippen molar-refractivity contribution in [3.63, 3.8) is 0 Å². The number of hydrogen-bond donors (Lipinski definition) is 1. The Kier molecular flexibility index (Phi) is 6.95. The van der Waals surface area contributed by atoms with Crippen LogP contribution in [-0.2, 0) is 29.1 Å². The Morgan fingerprint density at radius 1 is 1.10 bits per heavy atom. The lowest BCUT2D eigenvalue weighted by Crippen LogP contribution is -2.42. The lowest BCUT2D eigenvalue weighted by atomic mass is 9.95. The number of fused-ring (bicyclic) bond motifs is 2. The molecule has 2 aromatic carbocycles. The molecule has 214 valence electrons. The van der Waals surface area contributed by atoms with E-state index in [1.165, 1.54) is 16.7 Å². The summed E-state index contributed by atoms with van der Waals surface area (Å²) in [6, 6.07) is 19.8. The summed E-state index contributed by atoms with van der Waals surface area (Å²) in [6.07, 6.45) is 4.83. The maximum atomic E-state index is 11.7. The first-order chi connectivity index (χ1) is 20.0. The smallest absolute Gasteiger partial charge is 0.310 e. The van der Waals surface area contributed by atoms with Gasteiger partial charge in [-0.15, -0.1) is 0 Å². The summed E-state index contributed by atoms with van der Waals surface area (Å²) in [7, 11) is 0. The zero-order valence-corrected chi connectivity index (χ0v) is 23.8. The SMILES string of the molecule is Cc1cccc(-c2cccc(N3CC[C@@]4(C(=O)O)C[C@H]4C3)n2)c1OCc1ccc2c(c1)CCN(C1CCOCC1)C2. The van der Waals surface area contributed by atoms with E-state index in [9.17, 15) is 9.90 Å². The number of hydrogen-bond acceptors (Lipinski definition) is 6. The lowest BCUT2D eigenvalue weighted by Gasteiger charge is -2.37. The maximum Gasteiger partial charge on any atom is 0.310 e. The molecule has 3 aliphatic heterocycles. The van der Waals surface area contributed by atoms with E-state index in [1.54, 1.807) is 0 Å². The largest absolute Gasteiger partial charge is 0.488 e.